The number of nitrogens with zero attached hydrogens (tertiary/aromatic N) is 2. The average Bonchev–Trinajstić information content (AvgIpc) is 2.54. The molecule has 0 aliphatic rings. The summed E-state index contributed by atoms with van der Waals surface area (Å²) in [6.07, 6.45) is -4.30. The highest BCUT2D eigenvalue weighted by molar-refractivity contribution is 7.92. The largest absolute Gasteiger partial charge is 0.490 e. The fraction of sp³-hybridized carbons (Fsp3) is 0.214. The van der Waals surface area contributed by atoms with Crippen LogP contribution in [0.2, 0.25) is 5.02 Å². The van der Waals surface area contributed by atoms with E-state index in [9.17, 15) is 31.7 Å². The Hall–Kier alpha value is -2.80. The van der Waals surface area contributed by atoms with Gasteiger partial charge in [0.05, 0.1) is 18.3 Å². The van der Waals surface area contributed by atoms with E-state index in [1.54, 1.807) is 4.72 Å². The summed E-state index contributed by atoms with van der Waals surface area (Å²) in [5, 5.41) is 10.3. The molecular weight excluding hydrogens is 431 g/mol. The molecule has 28 heavy (non-hydrogen) atoms. The highest BCUT2D eigenvalue weighted by Crippen LogP contribution is 2.40. The number of methoxy groups -OCH3 is 1. The summed E-state index contributed by atoms with van der Waals surface area (Å²) >= 11 is 5.78. The predicted octanol–water partition coefficient (Wildman–Crippen LogP) is 3.83. The fourth-order valence-electron chi connectivity index (χ4n) is 2.00. The fourth-order valence-corrected chi connectivity index (χ4v) is 2.69. The van der Waals surface area contributed by atoms with E-state index in [1.165, 1.54) is 7.11 Å². The second-order valence-corrected chi connectivity index (χ2v) is 7.39. The van der Waals surface area contributed by atoms with E-state index in [0.29, 0.717) is 12.3 Å². The van der Waals surface area contributed by atoms with E-state index in [2.05, 4.69) is 4.98 Å². The Labute approximate surface area is 161 Å². The Kier molecular flexibility index (Phi) is 5.89. The molecule has 0 unspecified atom stereocenters. The number of rotatable bonds is 6. The number of alkyl halides is 3. The van der Waals surface area contributed by atoms with Crippen molar-refractivity contribution in [1.82, 2.24) is 4.98 Å². The maximum absolute atomic E-state index is 13.1. The summed E-state index contributed by atoms with van der Waals surface area (Å²) in [4.78, 5) is 13.7. The first-order chi connectivity index (χ1) is 12.8. The highest BCUT2D eigenvalue weighted by Gasteiger charge is 2.36. The summed E-state index contributed by atoms with van der Waals surface area (Å²) in [6.45, 7) is 0. The first-order valence-electron chi connectivity index (χ1n) is 7.07. The molecule has 2 aromatic rings. The monoisotopic (exact) mass is 441 g/mol. The van der Waals surface area contributed by atoms with Crippen molar-refractivity contribution >= 4 is 33.1 Å². The quantitative estimate of drug-likeness (QED) is 0.534. The van der Waals surface area contributed by atoms with Crippen molar-refractivity contribution in [2.75, 3.05) is 18.1 Å². The summed E-state index contributed by atoms with van der Waals surface area (Å²) < 4.78 is 73.8. The molecule has 0 aliphatic heterocycles. The van der Waals surface area contributed by atoms with Crippen molar-refractivity contribution in [3.05, 3.63) is 45.0 Å². The molecule has 9 nitrogen and oxygen atoms in total. The molecule has 14 heteroatoms. The Bertz CT molecular complexity index is 1030. The van der Waals surface area contributed by atoms with Crippen LogP contribution in [0.5, 0.6) is 17.4 Å². The number of nitrogens with one attached hydrogen (secondary N) is 1. The van der Waals surface area contributed by atoms with Crippen LogP contribution in [-0.2, 0) is 16.2 Å². The lowest BCUT2D eigenvalue weighted by Crippen LogP contribution is -2.17. The summed E-state index contributed by atoms with van der Waals surface area (Å²) in [7, 11) is -2.92. The van der Waals surface area contributed by atoms with Gasteiger partial charge in [-0.15, -0.1) is 0 Å². The van der Waals surface area contributed by atoms with Crippen LogP contribution in [0.3, 0.4) is 0 Å². The van der Waals surface area contributed by atoms with Gasteiger partial charge >= 0.3 is 11.9 Å². The van der Waals surface area contributed by atoms with Crippen LogP contribution in [0.25, 0.3) is 0 Å². The number of nitro benzene ring substituents is 1. The van der Waals surface area contributed by atoms with E-state index >= 15 is 0 Å². The third kappa shape index (κ3) is 5.13. The maximum atomic E-state index is 13.1. The van der Waals surface area contributed by atoms with Gasteiger partial charge in [-0.3, -0.25) is 14.8 Å². The van der Waals surface area contributed by atoms with Crippen molar-refractivity contribution in [3.8, 4) is 17.4 Å². The van der Waals surface area contributed by atoms with Crippen molar-refractivity contribution in [3.63, 3.8) is 0 Å². The normalized spacial score (nSPS) is 11.8. The Morgan fingerprint density at radius 2 is 1.93 bits per heavy atom. The lowest BCUT2D eigenvalue weighted by Gasteiger charge is -2.15. The molecule has 0 amide bonds. The van der Waals surface area contributed by atoms with Crippen LogP contribution < -0.4 is 14.2 Å². The van der Waals surface area contributed by atoms with E-state index in [1.807, 2.05) is 0 Å². The van der Waals surface area contributed by atoms with Gasteiger partial charge in [0.1, 0.15) is 16.3 Å². The van der Waals surface area contributed by atoms with Gasteiger partial charge in [-0.25, -0.2) is 8.42 Å². The topological polar surface area (TPSA) is 121 Å². The van der Waals surface area contributed by atoms with Crippen LogP contribution in [0.4, 0.5) is 24.7 Å². The number of pyridine rings is 1. The molecule has 0 bridgehead atoms. The van der Waals surface area contributed by atoms with Gasteiger partial charge in [0.25, 0.3) is 0 Å². The molecule has 0 saturated heterocycles. The van der Waals surface area contributed by atoms with Crippen LogP contribution >= 0.6 is 11.6 Å². The zero-order chi connectivity index (χ0) is 21.3. The minimum atomic E-state index is -4.95. The highest BCUT2D eigenvalue weighted by atomic mass is 35.5. The van der Waals surface area contributed by atoms with Crippen LogP contribution in [0.1, 0.15) is 5.56 Å². The third-order valence-electron chi connectivity index (χ3n) is 3.09. The first-order valence-corrected chi connectivity index (χ1v) is 9.34. The number of benzene rings is 1. The minimum absolute atomic E-state index is 0.0954. The van der Waals surface area contributed by atoms with Crippen molar-refractivity contribution in [2.45, 2.75) is 6.18 Å². The minimum Gasteiger partial charge on any atom is -0.490 e. The Morgan fingerprint density at radius 1 is 1.29 bits per heavy atom. The molecule has 2 rings (SSSR count). The lowest BCUT2D eigenvalue weighted by atomic mass is 10.2. The van der Waals surface area contributed by atoms with E-state index in [-0.39, 0.29) is 17.2 Å². The van der Waals surface area contributed by atoms with Crippen LogP contribution in [0, 0.1) is 10.1 Å². The molecule has 1 aromatic carbocycles. The molecule has 0 saturated carbocycles. The number of ether oxygens (including phenoxy) is 2. The Balaban J connectivity index is 2.52. The number of hydrogen-bond donors (Lipinski definition) is 1. The number of anilines is 1. The Morgan fingerprint density at radius 3 is 2.43 bits per heavy atom. The first kappa shape index (κ1) is 21.5. The summed E-state index contributed by atoms with van der Waals surface area (Å²) in [5.41, 5.74) is -1.79. The molecule has 152 valence electrons. The molecule has 1 aromatic heterocycles. The van der Waals surface area contributed by atoms with Gasteiger partial charge in [0.15, 0.2) is 5.82 Å². The van der Waals surface area contributed by atoms with Crippen molar-refractivity contribution in [2.24, 2.45) is 0 Å². The van der Waals surface area contributed by atoms with Gasteiger partial charge in [0, 0.05) is 12.1 Å². The molecule has 1 N–H and O–H groups in total. The zero-order valence-corrected chi connectivity index (χ0v) is 15.6. The van der Waals surface area contributed by atoms with Crippen LogP contribution in [-0.4, -0.2) is 31.7 Å². The number of sulfonamides is 1. The van der Waals surface area contributed by atoms with Crippen molar-refractivity contribution in [1.29, 1.82) is 0 Å². The predicted molar refractivity (Wildman–Crippen MR) is 92.4 cm³/mol. The number of hydrogen-bond acceptors (Lipinski definition) is 7. The molecule has 0 fully saturated rings. The number of halogens is 4. The van der Waals surface area contributed by atoms with Gasteiger partial charge < -0.3 is 9.47 Å². The molecule has 1 heterocycles. The average molecular weight is 442 g/mol. The molecule has 0 aliphatic carbocycles. The van der Waals surface area contributed by atoms with Crippen LogP contribution in [0.15, 0.2) is 24.3 Å². The third-order valence-corrected chi connectivity index (χ3v) is 3.93. The number of nitro groups is 1. The van der Waals surface area contributed by atoms with Gasteiger partial charge in [0.2, 0.25) is 21.7 Å². The summed E-state index contributed by atoms with van der Waals surface area (Å²) in [5.74, 6) is -1.87. The van der Waals surface area contributed by atoms with E-state index in [4.69, 9.17) is 21.1 Å². The second kappa shape index (κ2) is 7.67. The summed E-state index contributed by atoms with van der Waals surface area (Å²) in [6, 6.07) is 3.72. The smallest absolute Gasteiger partial charge is 0.420 e. The maximum Gasteiger partial charge on any atom is 0.420 e. The molecule has 0 radical (unpaired) electrons. The van der Waals surface area contributed by atoms with Gasteiger partial charge in [-0.2, -0.15) is 18.2 Å². The SMILES string of the molecule is COc1cc(Oc2nc(NS(C)(=O)=O)c(C(F)(F)F)cc2Cl)ccc1[N+](=O)[O-]. The van der Waals surface area contributed by atoms with Crippen molar-refractivity contribution < 1.29 is 36.0 Å². The van der Waals surface area contributed by atoms with Gasteiger partial charge in [-0.1, -0.05) is 11.6 Å². The molecule has 0 spiro atoms. The van der Waals surface area contributed by atoms with E-state index in [0.717, 1.165) is 18.2 Å². The molecular formula is C14H11ClF3N3O6S. The second-order valence-electron chi connectivity index (χ2n) is 5.24. The molecule has 0 atom stereocenters. The number of aromatic nitrogens is 1. The zero-order valence-electron chi connectivity index (χ0n) is 14.1. The van der Waals surface area contributed by atoms with Gasteiger partial charge in [-0.05, 0) is 12.1 Å². The van der Waals surface area contributed by atoms with E-state index < -0.39 is 43.4 Å². The lowest BCUT2D eigenvalue weighted by molar-refractivity contribution is -0.385. The standard InChI is InChI=1S/C14H11ClF3N3O6S/c1-26-11-5-7(3-4-10(11)21(22)23)27-13-9(15)6-8(14(16,17)18)12(19-13)20-28(2,24)25/h3-6H,1-2H3,(H,19,20).